The van der Waals surface area contributed by atoms with Gasteiger partial charge in [-0.3, -0.25) is 4.79 Å². The lowest BCUT2D eigenvalue weighted by molar-refractivity contribution is -0.158. The van der Waals surface area contributed by atoms with E-state index in [4.69, 9.17) is 17.3 Å². The number of halogens is 1. The zero-order chi connectivity index (χ0) is 16.2. The summed E-state index contributed by atoms with van der Waals surface area (Å²) < 4.78 is -0.585. The SMILES string of the molecule is CC1(C)SC2C(Nc3nc(N)nc(Cl)n3)C(=O)N2C1C(=O)O. The summed E-state index contributed by atoms with van der Waals surface area (Å²) in [4.78, 5) is 36.4. The summed E-state index contributed by atoms with van der Waals surface area (Å²) in [6.07, 6.45) is 0. The molecule has 0 aliphatic carbocycles. The number of carbonyl (C=O) groups is 2. The minimum absolute atomic E-state index is 0.0612. The lowest BCUT2D eigenvalue weighted by Gasteiger charge is -2.43. The number of thioether (sulfide) groups is 1. The normalized spacial score (nSPS) is 29.0. The number of nitrogen functional groups attached to an aromatic ring is 1. The van der Waals surface area contributed by atoms with Gasteiger partial charge in [-0.05, 0) is 25.4 Å². The maximum Gasteiger partial charge on any atom is 0.327 e. The molecule has 0 radical (unpaired) electrons. The van der Waals surface area contributed by atoms with E-state index in [0.29, 0.717) is 0 Å². The van der Waals surface area contributed by atoms with E-state index in [1.807, 2.05) is 0 Å². The van der Waals surface area contributed by atoms with E-state index in [2.05, 4.69) is 20.3 Å². The Hall–Kier alpha value is -1.81. The van der Waals surface area contributed by atoms with Crippen LogP contribution in [0.3, 0.4) is 0 Å². The van der Waals surface area contributed by atoms with Crippen LogP contribution in [0.15, 0.2) is 0 Å². The monoisotopic (exact) mass is 344 g/mol. The van der Waals surface area contributed by atoms with Crippen LogP contribution in [-0.4, -0.2) is 59.0 Å². The highest BCUT2D eigenvalue weighted by Gasteiger charge is 2.64. The lowest BCUT2D eigenvalue weighted by Crippen LogP contribution is -2.68. The average Bonchev–Trinajstić information content (AvgIpc) is 2.63. The Balaban J connectivity index is 1.82. The molecule has 2 aliphatic heterocycles. The molecule has 11 heteroatoms. The number of β-lactam (4-membered cyclic amide) rings is 1. The summed E-state index contributed by atoms with van der Waals surface area (Å²) >= 11 is 7.11. The maximum atomic E-state index is 12.3. The van der Waals surface area contributed by atoms with E-state index in [0.717, 1.165) is 0 Å². The minimum atomic E-state index is -1.01. The molecule has 1 aromatic rings. The van der Waals surface area contributed by atoms with Crippen LogP contribution in [0.1, 0.15) is 13.8 Å². The highest BCUT2D eigenvalue weighted by atomic mass is 35.5. The number of carboxylic acids is 1. The Bertz CT molecular complexity index is 651. The first-order valence-corrected chi connectivity index (χ1v) is 7.63. The number of hydrogen-bond donors (Lipinski definition) is 3. The molecule has 9 nitrogen and oxygen atoms in total. The second-order valence-electron chi connectivity index (χ2n) is 5.51. The van der Waals surface area contributed by atoms with Crippen LogP contribution in [0.2, 0.25) is 5.28 Å². The van der Waals surface area contributed by atoms with Gasteiger partial charge < -0.3 is 21.1 Å². The van der Waals surface area contributed by atoms with Gasteiger partial charge in [0.05, 0.1) is 0 Å². The zero-order valence-corrected chi connectivity index (χ0v) is 13.2. The molecule has 3 rings (SSSR count). The van der Waals surface area contributed by atoms with Crippen molar-refractivity contribution < 1.29 is 14.7 Å². The van der Waals surface area contributed by atoms with Crippen molar-refractivity contribution in [3.05, 3.63) is 5.28 Å². The van der Waals surface area contributed by atoms with Crippen LogP contribution in [0, 0.1) is 0 Å². The van der Waals surface area contributed by atoms with Crippen molar-refractivity contribution >= 4 is 47.1 Å². The molecule has 118 valence electrons. The van der Waals surface area contributed by atoms with Gasteiger partial charge in [-0.15, -0.1) is 11.8 Å². The molecule has 3 unspecified atom stereocenters. The molecular formula is C11H13ClN6O3S. The molecule has 1 amide bonds. The summed E-state index contributed by atoms with van der Waals surface area (Å²) in [6, 6.07) is -1.48. The van der Waals surface area contributed by atoms with E-state index in [9.17, 15) is 14.7 Å². The average molecular weight is 345 g/mol. The molecule has 4 N–H and O–H groups in total. The number of nitrogens with zero attached hydrogens (tertiary/aromatic N) is 4. The van der Waals surface area contributed by atoms with Crippen LogP contribution in [0.25, 0.3) is 0 Å². The summed E-state index contributed by atoms with van der Waals surface area (Å²) in [5.41, 5.74) is 5.48. The standard InChI is InChI=1S/C11H13ClN6O3S/c1-11(2)4(7(20)21)18-5(19)3(6(18)22-11)14-10-16-8(12)15-9(13)17-10/h3-4,6H,1-2H3,(H,20,21)(H3,13,14,15,16,17). The van der Waals surface area contributed by atoms with Crippen molar-refractivity contribution in [2.75, 3.05) is 11.1 Å². The van der Waals surface area contributed by atoms with Crippen LogP contribution < -0.4 is 11.1 Å². The number of carbonyl (C=O) groups excluding carboxylic acids is 1. The summed E-state index contributed by atoms with van der Waals surface area (Å²) in [7, 11) is 0. The molecule has 0 aromatic carbocycles. The van der Waals surface area contributed by atoms with Crippen molar-refractivity contribution in [1.82, 2.24) is 19.9 Å². The molecule has 2 saturated heterocycles. The summed E-state index contributed by atoms with van der Waals surface area (Å²) in [6.45, 7) is 3.60. The molecule has 3 atom stereocenters. The van der Waals surface area contributed by atoms with Gasteiger partial charge in [-0.1, -0.05) is 0 Å². The first-order valence-electron chi connectivity index (χ1n) is 6.37. The van der Waals surface area contributed by atoms with Gasteiger partial charge >= 0.3 is 5.97 Å². The van der Waals surface area contributed by atoms with Crippen molar-refractivity contribution in [2.24, 2.45) is 0 Å². The van der Waals surface area contributed by atoms with E-state index >= 15 is 0 Å². The Morgan fingerprint density at radius 1 is 1.45 bits per heavy atom. The predicted octanol–water partition coefficient (Wildman–Crippen LogP) is 0.0346. The van der Waals surface area contributed by atoms with Gasteiger partial charge in [0.1, 0.15) is 17.5 Å². The van der Waals surface area contributed by atoms with E-state index in [1.165, 1.54) is 16.7 Å². The van der Waals surface area contributed by atoms with E-state index in [-0.39, 0.29) is 28.5 Å². The number of aromatic nitrogens is 3. The topological polar surface area (TPSA) is 134 Å². The number of rotatable bonds is 3. The number of aliphatic carboxylic acids is 1. The third-order valence-electron chi connectivity index (χ3n) is 3.58. The van der Waals surface area contributed by atoms with E-state index < -0.39 is 22.8 Å². The predicted molar refractivity (Wildman–Crippen MR) is 80.4 cm³/mol. The molecule has 0 bridgehead atoms. The van der Waals surface area contributed by atoms with Crippen molar-refractivity contribution in [1.29, 1.82) is 0 Å². The van der Waals surface area contributed by atoms with Gasteiger partial charge in [-0.2, -0.15) is 15.0 Å². The Labute approximate surface area is 134 Å². The van der Waals surface area contributed by atoms with Crippen molar-refractivity contribution in [3.63, 3.8) is 0 Å². The fourth-order valence-corrected chi connectivity index (χ4v) is 4.51. The van der Waals surface area contributed by atoms with Gasteiger partial charge in [0.2, 0.25) is 23.1 Å². The zero-order valence-electron chi connectivity index (χ0n) is 11.6. The van der Waals surface area contributed by atoms with Crippen molar-refractivity contribution in [3.8, 4) is 0 Å². The first-order chi connectivity index (χ1) is 10.2. The highest BCUT2D eigenvalue weighted by Crippen LogP contribution is 2.51. The minimum Gasteiger partial charge on any atom is -0.480 e. The molecule has 22 heavy (non-hydrogen) atoms. The second-order valence-corrected chi connectivity index (χ2v) is 7.62. The molecule has 2 aliphatic rings. The fraction of sp³-hybridized carbons (Fsp3) is 0.545. The quantitative estimate of drug-likeness (QED) is 0.649. The molecule has 2 fully saturated rings. The number of carboxylic acid groups (broad SMARTS) is 1. The molecule has 0 saturated carbocycles. The molecule has 0 spiro atoms. The number of nitrogens with two attached hydrogens (primary N) is 1. The Morgan fingerprint density at radius 3 is 2.73 bits per heavy atom. The molecule has 3 heterocycles. The Kier molecular flexibility index (Phi) is 3.33. The van der Waals surface area contributed by atoms with Crippen LogP contribution in [-0.2, 0) is 9.59 Å². The van der Waals surface area contributed by atoms with Gasteiger partial charge in [-0.25, -0.2) is 4.79 Å². The smallest absolute Gasteiger partial charge is 0.327 e. The van der Waals surface area contributed by atoms with Gasteiger partial charge in [0, 0.05) is 4.75 Å². The highest BCUT2D eigenvalue weighted by molar-refractivity contribution is 8.01. The number of anilines is 2. The summed E-state index contributed by atoms with van der Waals surface area (Å²) in [5.74, 6) is -1.30. The molecular weight excluding hydrogens is 332 g/mol. The number of nitrogens with one attached hydrogen (secondary N) is 1. The van der Waals surface area contributed by atoms with Crippen LogP contribution in [0.5, 0.6) is 0 Å². The number of hydrogen-bond acceptors (Lipinski definition) is 8. The Morgan fingerprint density at radius 2 is 2.14 bits per heavy atom. The number of fused-ring (bicyclic) bond motifs is 1. The fourth-order valence-electron chi connectivity index (χ4n) is 2.71. The van der Waals surface area contributed by atoms with Crippen molar-refractivity contribution in [2.45, 2.75) is 36.1 Å². The second kappa shape index (κ2) is 4.85. The first kappa shape index (κ1) is 15.1. The number of amides is 1. The third-order valence-corrected chi connectivity index (χ3v) is 5.33. The summed E-state index contributed by atoms with van der Waals surface area (Å²) in [5, 5.41) is 11.8. The van der Waals surface area contributed by atoms with Gasteiger partial charge in [0.25, 0.3) is 0 Å². The van der Waals surface area contributed by atoms with Gasteiger partial charge in [0.15, 0.2) is 0 Å². The van der Waals surface area contributed by atoms with E-state index in [1.54, 1.807) is 13.8 Å². The maximum absolute atomic E-state index is 12.3. The molecule has 1 aromatic heterocycles. The lowest BCUT2D eigenvalue weighted by atomic mass is 9.96. The third kappa shape index (κ3) is 2.22. The van der Waals surface area contributed by atoms with Crippen LogP contribution in [0.4, 0.5) is 11.9 Å². The largest absolute Gasteiger partial charge is 0.480 e. The van der Waals surface area contributed by atoms with Crippen LogP contribution >= 0.6 is 23.4 Å².